The SMILES string of the molecule is CCCC(C)(F)CCC(C)(F)C(CC)CC. The molecular formula is C14H28F2. The maximum Gasteiger partial charge on any atom is 0.111 e. The van der Waals surface area contributed by atoms with Crippen molar-refractivity contribution in [2.45, 2.75) is 84.5 Å². The van der Waals surface area contributed by atoms with Gasteiger partial charge >= 0.3 is 0 Å². The van der Waals surface area contributed by atoms with Gasteiger partial charge in [-0.15, -0.1) is 0 Å². The molecule has 2 heteroatoms. The molecule has 0 rings (SSSR count). The van der Waals surface area contributed by atoms with Crippen molar-refractivity contribution < 1.29 is 8.78 Å². The van der Waals surface area contributed by atoms with Crippen LogP contribution in [0.25, 0.3) is 0 Å². The van der Waals surface area contributed by atoms with E-state index in [2.05, 4.69) is 0 Å². The van der Waals surface area contributed by atoms with Gasteiger partial charge in [-0.1, -0.05) is 40.0 Å². The molecular weight excluding hydrogens is 206 g/mol. The molecule has 0 radical (unpaired) electrons. The van der Waals surface area contributed by atoms with Crippen molar-refractivity contribution in [3.05, 3.63) is 0 Å². The first-order valence-electron chi connectivity index (χ1n) is 6.67. The van der Waals surface area contributed by atoms with E-state index in [1.165, 1.54) is 0 Å². The quantitative estimate of drug-likeness (QED) is 0.523. The Kier molecular flexibility index (Phi) is 6.50. The average molecular weight is 234 g/mol. The van der Waals surface area contributed by atoms with Crippen LogP contribution in [0.3, 0.4) is 0 Å². The van der Waals surface area contributed by atoms with Crippen molar-refractivity contribution >= 4 is 0 Å². The maximum atomic E-state index is 14.4. The van der Waals surface area contributed by atoms with Gasteiger partial charge in [-0.3, -0.25) is 0 Å². The lowest BCUT2D eigenvalue weighted by Gasteiger charge is -2.31. The van der Waals surface area contributed by atoms with Crippen LogP contribution < -0.4 is 0 Å². The predicted molar refractivity (Wildman–Crippen MR) is 67.2 cm³/mol. The molecule has 98 valence electrons. The second-order valence-corrected chi connectivity index (χ2v) is 5.45. The summed E-state index contributed by atoms with van der Waals surface area (Å²) in [6, 6.07) is 0. The molecule has 0 aliphatic rings. The monoisotopic (exact) mass is 234 g/mol. The highest BCUT2D eigenvalue weighted by atomic mass is 19.1. The van der Waals surface area contributed by atoms with Crippen molar-refractivity contribution in [2.75, 3.05) is 0 Å². The zero-order chi connectivity index (χ0) is 12.8. The highest BCUT2D eigenvalue weighted by Gasteiger charge is 2.34. The fourth-order valence-corrected chi connectivity index (χ4v) is 2.50. The Balaban J connectivity index is 4.26. The van der Waals surface area contributed by atoms with Gasteiger partial charge in [0.25, 0.3) is 0 Å². The zero-order valence-electron chi connectivity index (χ0n) is 11.6. The summed E-state index contributed by atoms with van der Waals surface area (Å²) < 4.78 is 28.3. The van der Waals surface area contributed by atoms with Crippen LogP contribution in [-0.4, -0.2) is 11.3 Å². The lowest BCUT2D eigenvalue weighted by atomic mass is 9.80. The minimum Gasteiger partial charge on any atom is -0.244 e. The van der Waals surface area contributed by atoms with Crippen LogP contribution >= 0.6 is 0 Å². The molecule has 0 amide bonds. The fourth-order valence-electron chi connectivity index (χ4n) is 2.50. The first kappa shape index (κ1) is 15.9. The van der Waals surface area contributed by atoms with Crippen LogP contribution in [0, 0.1) is 5.92 Å². The van der Waals surface area contributed by atoms with Crippen LogP contribution in [0.1, 0.15) is 73.1 Å². The summed E-state index contributed by atoms with van der Waals surface area (Å²) in [5.74, 6) is 0.0601. The fraction of sp³-hybridized carbons (Fsp3) is 1.00. The van der Waals surface area contributed by atoms with Crippen molar-refractivity contribution in [2.24, 2.45) is 5.92 Å². The molecule has 0 N–H and O–H groups in total. The van der Waals surface area contributed by atoms with E-state index in [9.17, 15) is 8.78 Å². The number of hydrogen-bond acceptors (Lipinski definition) is 0. The Labute approximate surface area is 99.8 Å². The van der Waals surface area contributed by atoms with Gasteiger partial charge in [0.05, 0.1) is 0 Å². The highest BCUT2D eigenvalue weighted by Crippen LogP contribution is 2.36. The molecule has 0 spiro atoms. The Bertz CT molecular complexity index is 181. The van der Waals surface area contributed by atoms with E-state index < -0.39 is 11.3 Å². The van der Waals surface area contributed by atoms with Gasteiger partial charge in [-0.25, -0.2) is 8.78 Å². The van der Waals surface area contributed by atoms with E-state index in [1.807, 2.05) is 20.8 Å². The summed E-state index contributed by atoms with van der Waals surface area (Å²) in [6.45, 7) is 9.21. The summed E-state index contributed by atoms with van der Waals surface area (Å²) in [4.78, 5) is 0. The third kappa shape index (κ3) is 5.27. The largest absolute Gasteiger partial charge is 0.244 e. The molecule has 0 aromatic rings. The Hall–Kier alpha value is -0.140. The lowest BCUT2D eigenvalue weighted by Crippen LogP contribution is -2.32. The van der Waals surface area contributed by atoms with E-state index in [0.717, 1.165) is 19.3 Å². The number of alkyl halides is 2. The normalized spacial score (nSPS) is 19.5. The van der Waals surface area contributed by atoms with E-state index in [4.69, 9.17) is 0 Å². The van der Waals surface area contributed by atoms with Crippen LogP contribution in [0.5, 0.6) is 0 Å². The Morgan fingerprint density at radius 2 is 1.38 bits per heavy atom. The maximum absolute atomic E-state index is 14.4. The van der Waals surface area contributed by atoms with Gasteiger partial charge in [0.15, 0.2) is 0 Å². The second kappa shape index (κ2) is 6.56. The highest BCUT2D eigenvalue weighted by molar-refractivity contribution is 4.85. The van der Waals surface area contributed by atoms with Crippen molar-refractivity contribution in [3.8, 4) is 0 Å². The first-order chi connectivity index (χ1) is 7.29. The second-order valence-electron chi connectivity index (χ2n) is 5.45. The minimum atomic E-state index is -1.22. The van der Waals surface area contributed by atoms with Gasteiger partial charge in [-0.2, -0.15) is 0 Å². The molecule has 0 heterocycles. The van der Waals surface area contributed by atoms with Crippen LogP contribution in [0.15, 0.2) is 0 Å². The summed E-state index contributed by atoms with van der Waals surface area (Å²) >= 11 is 0. The molecule has 0 saturated carbocycles. The molecule has 0 aromatic carbocycles. The lowest BCUT2D eigenvalue weighted by molar-refractivity contribution is 0.0528. The molecule has 16 heavy (non-hydrogen) atoms. The molecule has 2 atom stereocenters. The molecule has 0 aromatic heterocycles. The third-order valence-electron chi connectivity index (χ3n) is 3.74. The summed E-state index contributed by atoms with van der Waals surface area (Å²) in [5, 5.41) is 0. The molecule has 2 unspecified atom stereocenters. The van der Waals surface area contributed by atoms with Crippen LogP contribution in [-0.2, 0) is 0 Å². The minimum absolute atomic E-state index is 0.0601. The molecule has 0 bridgehead atoms. The number of halogens is 2. The zero-order valence-corrected chi connectivity index (χ0v) is 11.6. The van der Waals surface area contributed by atoms with E-state index in [-0.39, 0.29) is 5.92 Å². The predicted octanol–water partition coefficient (Wildman–Crippen LogP) is 5.46. The van der Waals surface area contributed by atoms with E-state index >= 15 is 0 Å². The van der Waals surface area contributed by atoms with Crippen molar-refractivity contribution in [1.82, 2.24) is 0 Å². The third-order valence-corrected chi connectivity index (χ3v) is 3.74. The standard InChI is InChI=1S/C14H28F2/c1-6-9-13(4,15)10-11-14(5,16)12(7-2)8-3/h12H,6-11H2,1-5H3. The van der Waals surface area contributed by atoms with Gasteiger partial charge in [0.2, 0.25) is 0 Å². The van der Waals surface area contributed by atoms with Crippen molar-refractivity contribution in [1.29, 1.82) is 0 Å². The van der Waals surface area contributed by atoms with E-state index in [1.54, 1.807) is 13.8 Å². The summed E-state index contributed by atoms with van der Waals surface area (Å²) in [5.41, 5.74) is -2.42. The molecule has 0 aliphatic carbocycles. The van der Waals surface area contributed by atoms with Gasteiger partial charge < -0.3 is 0 Å². The smallest absolute Gasteiger partial charge is 0.111 e. The van der Waals surface area contributed by atoms with Crippen LogP contribution in [0.4, 0.5) is 8.78 Å². The van der Waals surface area contributed by atoms with Gasteiger partial charge in [0.1, 0.15) is 11.3 Å². The van der Waals surface area contributed by atoms with Crippen LogP contribution in [0.2, 0.25) is 0 Å². The first-order valence-corrected chi connectivity index (χ1v) is 6.67. The van der Waals surface area contributed by atoms with Gasteiger partial charge in [0, 0.05) is 0 Å². The number of rotatable bonds is 8. The van der Waals surface area contributed by atoms with Crippen molar-refractivity contribution in [3.63, 3.8) is 0 Å². The summed E-state index contributed by atoms with van der Waals surface area (Å²) in [7, 11) is 0. The van der Waals surface area contributed by atoms with E-state index in [0.29, 0.717) is 19.3 Å². The summed E-state index contributed by atoms with van der Waals surface area (Å²) in [6.07, 6.45) is 3.70. The molecule has 0 fully saturated rings. The average Bonchev–Trinajstić information content (AvgIpc) is 2.17. The molecule has 0 aliphatic heterocycles. The number of hydrogen-bond donors (Lipinski definition) is 0. The topological polar surface area (TPSA) is 0 Å². The molecule has 0 nitrogen and oxygen atoms in total. The Morgan fingerprint density at radius 3 is 1.75 bits per heavy atom. The molecule has 0 saturated heterocycles. The van der Waals surface area contributed by atoms with Gasteiger partial charge in [-0.05, 0) is 39.0 Å². The Morgan fingerprint density at radius 1 is 0.875 bits per heavy atom.